The average molecular weight is 505 g/mol. The van der Waals surface area contributed by atoms with Crippen LogP contribution in [0.5, 0.6) is 0 Å². The summed E-state index contributed by atoms with van der Waals surface area (Å²) in [7, 11) is 0. The fourth-order valence-electron chi connectivity index (χ4n) is 3.44. The van der Waals surface area contributed by atoms with Gasteiger partial charge >= 0.3 is 12.1 Å². The second-order valence-electron chi connectivity index (χ2n) is 9.24. The van der Waals surface area contributed by atoms with Gasteiger partial charge in [0.15, 0.2) is 5.65 Å². The van der Waals surface area contributed by atoms with Crippen molar-refractivity contribution in [3.63, 3.8) is 0 Å². The Kier molecular flexibility index (Phi) is 7.39. The molecule has 0 unspecified atom stereocenters. The number of carbonyl (C=O) groups is 2. The maximum absolute atomic E-state index is 12.7. The minimum Gasteiger partial charge on any atom is -0.475 e. The summed E-state index contributed by atoms with van der Waals surface area (Å²) in [6.07, 6.45) is -3.34. The van der Waals surface area contributed by atoms with Crippen LogP contribution in [0.3, 0.4) is 0 Å². The molecule has 0 fully saturated rings. The molecule has 3 aromatic heterocycles. The van der Waals surface area contributed by atoms with E-state index in [0.717, 1.165) is 33.5 Å². The number of fused-ring (bicyclic) bond motifs is 2. The number of aliphatic hydroxyl groups excluding tert-OH is 1. The van der Waals surface area contributed by atoms with Gasteiger partial charge in [0.25, 0.3) is 5.91 Å². The number of carboxylic acids is 1. The number of alkyl halides is 3. The highest BCUT2D eigenvalue weighted by Crippen LogP contribution is 2.29. The third-order valence-electron chi connectivity index (χ3n) is 5.46. The van der Waals surface area contributed by atoms with Crippen LogP contribution in [0.1, 0.15) is 37.0 Å². The van der Waals surface area contributed by atoms with E-state index in [4.69, 9.17) is 9.90 Å². The number of aromatic amines is 2. The number of aliphatic hydroxyl groups is 1. The molecule has 12 heteroatoms. The zero-order valence-electron chi connectivity index (χ0n) is 20.0. The van der Waals surface area contributed by atoms with Gasteiger partial charge in [-0.15, -0.1) is 0 Å². The molecule has 0 aliphatic rings. The largest absolute Gasteiger partial charge is 0.490 e. The van der Waals surface area contributed by atoms with Crippen molar-refractivity contribution in [1.29, 1.82) is 0 Å². The molecular formula is C24H26F3N5O4. The average Bonchev–Trinajstić information content (AvgIpc) is 3.37. The van der Waals surface area contributed by atoms with Gasteiger partial charge < -0.3 is 25.5 Å². The minimum absolute atomic E-state index is 0.105. The molecule has 0 bridgehead atoms. The molecule has 1 atom stereocenters. The predicted octanol–water partition coefficient (Wildman–Crippen LogP) is 4.18. The Labute approximate surface area is 203 Å². The Morgan fingerprint density at radius 2 is 1.78 bits per heavy atom. The molecule has 0 saturated carbocycles. The number of nitrogens with zero attached hydrogens (tertiary/aromatic N) is 2. The second kappa shape index (κ2) is 9.97. The van der Waals surface area contributed by atoms with Crippen LogP contribution in [0.2, 0.25) is 0 Å². The van der Waals surface area contributed by atoms with Crippen molar-refractivity contribution in [2.24, 2.45) is 5.41 Å². The second-order valence-corrected chi connectivity index (χ2v) is 9.24. The number of aliphatic carboxylic acids is 1. The number of halogens is 3. The minimum atomic E-state index is -5.08. The molecule has 4 rings (SSSR count). The number of benzene rings is 1. The SMILES string of the molecule is Cc1nc2nccc(-c3cc4ccc(C(=O)N[C@H](CO)C(C)(C)C)cc4[nH]3)c2[nH]1.O=C(O)C(F)(F)F. The molecule has 9 nitrogen and oxygen atoms in total. The van der Waals surface area contributed by atoms with Crippen LogP contribution in [0.15, 0.2) is 36.5 Å². The number of imidazole rings is 1. The normalized spacial score (nSPS) is 12.8. The molecule has 3 heterocycles. The van der Waals surface area contributed by atoms with E-state index >= 15 is 0 Å². The van der Waals surface area contributed by atoms with Crippen LogP contribution in [0, 0.1) is 12.3 Å². The van der Waals surface area contributed by atoms with Gasteiger partial charge in [-0.25, -0.2) is 14.8 Å². The first-order valence-electron chi connectivity index (χ1n) is 10.9. The first-order chi connectivity index (χ1) is 16.7. The molecule has 0 radical (unpaired) electrons. The van der Waals surface area contributed by atoms with Gasteiger partial charge in [-0.2, -0.15) is 13.2 Å². The zero-order valence-corrected chi connectivity index (χ0v) is 20.0. The number of H-pyrrole nitrogens is 2. The van der Waals surface area contributed by atoms with E-state index in [9.17, 15) is 23.1 Å². The lowest BCUT2D eigenvalue weighted by molar-refractivity contribution is -0.192. The van der Waals surface area contributed by atoms with E-state index in [1.54, 1.807) is 12.3 Å². The highest BCUT2D eigenvalue weighted by atomic mass is 19.4. The van der Waals surface area contributed by atoms with Crippen molar-refractivity contribution < 1.29 is 33.0 Å². The van der Waals surface area contributed by atoms with E-state index in [1.165, 1.54) is 0 Å². The maximum Gasteiger partial charge on any atom is 0.490 e. The summed E-state index contributed by atoms with van der Waals surface area (Å²) < 4.78 is 31.7. The quantitative estimate of drug-likeness (QED) is 0.281. The van der Waals surface area contributed by atoms with E-state index in [2.05, 4.69) is 25.3 Å². The van der Waals surface area contributed by atoms with Gasteiger partial charge in [0, 0.05) is 33.9 Å². The van der Waals surface area contributed by atoms with Crippen molar-refractivity contribution >= 4 is 33.9 Å². The number of amides is 1. The third-order valence-corrected chi connectivity index (χ3v) is 5.46. The van der Waals surface area contributed by atoms with Crippen molar-refractivity contribution in [3.8, 4) is 11.3 Å². The van der Waals surface area contributed by atoms with Crippen LogP contribution >= 0.6 is 0 Å². The Morgan fingerprint density at radius 1 is 1.11 bits per heavy atom. The number of rotatable bonds is 4. The smallest absolute Gasteiger partial charge is 0.475 e. The van der Waals surface area contributed by atoms with Gasteiger partial charge in [-0.3, -0.25) is 4.79 Å². The summed E-state index contributed by atoms with van der Waals surface area (Å²) >= 11 is 0. The molecule has 4 aromatic rings. The molecule has 1 amide bonds. The Hall–Kier alpha value is -3.93. The van der Waals surface area contributed by atoms with Crippen molar-refractivity contribution in [1.82, 2.24) is 25.3 Å². The van der Waals surface area contributed by atoms with Crippen LogP contribution < -0.4 is 5.32 Å². The molecule has 0 spiro atoms. The van der Waals surface area contributed by atoms with Crippen LogP contribution in [-0.4, -0.2) is 60.9 Å². The van der Waals surface area contributed by atoms with Gasteiger partial charge in [0.1, 0.15) is 5.82 Å². The zero-order chi connectivity index (χ0) is 26.8. The van der Waals surface area contributed by atoms with E-state index in [0.29, 0.717) is 11.2 Å². The number of aryl methyl sites for hydroxylation is 1. The van der Waals surface area contributed by atoms with Gasteiger partial charge in [0.05, 0.1) is 18.2 Å². The van der Waals surface area contributed by atoms with Crippen molar-refractivity contribution in [2.45, 2.75) is 39.9 Å². The van der Waals surface area contributed by atoms with E-state index < -0.39 is 12.1 Å². The summed E-state index contributed by atoms with van der Waals surface area (Å²) in [5.41, 5.74) is 4.64. The molecule has 0 aliphatic carbocycles. The Balaban J connectivity index is 0.000000454. The maximum atomic E-state index is 12.7. The fraction of sp³-hybridized carbons (Fsp3) is 0.333. The highest BCUT2D eigenvalue weighted by Gasteiger charge is 2.38. The summed E-state index contributed by atoms with van der Waals surface area (Å²) in [6, 6.07) is 9.22. The highest BCUT2D eigenvalue weighted by molar-refractivity contribution is 6.00. The Morgan fingerprint density at radius 3 is 2.36 bits per heavy atom. The van der Waals surface area contributed by atoms with E-state index in [-0.39, 0.29) is 24.0 Å². The van der Waals surface area contributed by atoms with E-state index in [1.807, 2.05) is 52.0 Å². The lowest BCUT2D eigenvalue weighted by Gasteiger charge is -2.29. The molecule has 36 heavy (non-hydrogen) atoms. The first kappa shape index (κ1) is 26.7. The molecule has 5 N–H and O–H groups in total. The standard InChI is InChI=1S/C22H25N5O2.C2HF3O2/c1-12-24-19-15(7-8-23-20(19)25-12)17-9-13-5-6-14(10-16(13)26-17)21(29)27-18(11-28)22(2,3)4;3-2(4,5)1(6)7/h5-10,18,26,28H,11H2,1-4H3,(H,27,29)(H,23,24,25);(H,6,7)/t18-;/m1./s1. The van der Waals surface area contributed by atoms with Gasteiger partial charge in [0.2, 0.25) is 0 Å². The summed E-state index contributed by atoms with van der Waals surface area (Å²) in [5, 5.41) is 20.7. The number of carbonyl (C=O) groups excluding carboxylic acids is 1. The van der Waals surface area contributed by atoms with Crippen molar-refractivity contribution in [2.75, 3.05) is 6.61 Å². The number of aromatic nitrogens is 4. The predicted molar refractivity (Wildman–Crippen MR) is 127 cm³/mol. The lowest BCUT2D eigenvalue weighted by Crippen LogP contribution is -2.46. The summed E-state index contributed by atoms with van der Waals surface area (Å²) in [6.45, 7) is 7.76. The number of pyridine rings is 1. The summed E-state index contributed by atoms with van der Waals surface area (Å²) in [5.74, 6) is -2.15. The molecule has 0 aliphatic heterocycles. The summed E-state index contributed by atoms with van der Waals surface area (Å²) in [4.78, 5) is 37.0. The van der Waals surface area contributed by atoms with Crippen LogP contribution in [0.4, 0.5) is 13.2 Å². The number of nitrogens with one attached hydrogen (secondary N) is 3. The number of hydrogen-bond acceptors (Lipinski definition) is 5. The third kappa shape index (κ3) is 6.00. The van der Waals surface area contributed by atoms with Crippen LogP contribution in [-0.2, 0) is 4.79 Å². The first-order valence-corrected chi connectivity index (χ1v) is 10.9. The monoisotopic (exact) mass is 505 g/mol. The van der Waals surface area contributed by atoms with Gasteiger partial charge in [-0.05, 0) is 36.6 Å². The lowest BCUT2D eigenvalue weighted by atomic mass is 9.87. The number of carboxylic acid groups (broad SMARTS) is 1. The molecule has 192 valence electrons. The fourth-order valence-corrected chi connectivity index (χ4v) is 3.44. The van der Waals surface area contributed by atoms with Crippen LogP contribution in [0.25, 0.3) is 33.3 Å². The number of hydrogen-bond donors (Lipinski definition) is 5. The van der Waals surface area contributed by atoms with Crippen molar-refractivity contribution in [3.05, 3.63) is 47.9 Å². The molecular weight excluding hydrogens is 479 g/mol. The topological polar surface area (TPSA) is 144 Å². The van der Waals surface area contributed by atoms with Gasteiger partial charge in [-0.1, -0.05) is 26.8 Å². The molecule has 1 aromatic carbocycles. The molecule has 0 saturated heterocycles. The Bertz CT molecular complexity index is 1400.